The van der Waals surface area contributed by atoms with Gasteiger partial charge >= 0.3 is 0 Å². The van der Waals surface area contributed by atoms with E-state index in [1.165, 1.54) is 13.0 Å². The molecule has 0 aliphatic carbocycles. The van der Waals surface area contributed by atoms with Gasteiger partial charge in [-0.2, -0.15) is 0 Å². The molecule has 1 aromatic rings. The van der Waals surface area contributed by atoms with Gasteiger partial charge in [0.05, 0.1) is 9.74 Å². The number of benzene rings is 1. The van der Waals surface area contributed by atoms with E-state index >= 15 is 0 Å². The molecule has 0 radical (unpaired) electrons. The first-order valence-electron chi connectivity index (χ1n) is 6.39. The van der Waals surface area contributed by atoms with Crippen LogP contribution in [0.25, 0.3) is 0 Å². The molecular formula is C14H17F4IO. The summed E-state index contributed by atoms with van der Waals surface area (Å²) in [6.07, 6.45) is -1.00. The van der Waals surface area contributed by atoms with E-state index in [1.807, 2.05) is 22.6 Å². The van der Waals surface area contributed by atoms with E-state index in [9.17, 15) is 17.6 Å². The zero-order valence-corrected chi connectivity index (χ0v) is 13.3. The van der Waals surface area contributed by atoms with Gasteiger partial charge in [0, 0.05) is 0 Å². The molecule has 0 amide bonds. The van der Waals surface area contributed by atoms with Crippen molar-refractivity contribution in [1.82, 2.24) is 0 Å². The van der Waals surface area contributed by atoms with Crippen molar-refractivity contribution in [1.29, 1.82) is 0 Å². The van der Waals surface area contributed by atoms with E-state index < -0.39 is 31.4 Å². The first-order chi connectivity index (χ1) is 9.45. The van der Waals surface area contributed by atoms with E-state index in [2.05, 4.69) is 0 Å². The van der Waals surface area contributed by atoms with Crippen molar-refractivity contribution in [3.05, 3.63) is 27.1 Å². The van der Waals surface area contributed by atoms with E-state index in [1.54, 1.807) is 6.07 Å². The first-order valence-corrected chi connectivity index (χ1v) is 7.47. The average molecular weight is 404 g/mol. The van der Waals surface area contributed by atoms with Crippen LogP contribution in [0.15, 0.2) is 12.1 Å². The van der Waals surface area contributed by atoms with Crippen LogP contribution < -0.4 is 4.74 Å². The first kappa shape index (κ1) is 17.5. The fourth-order valence-corrected chi connectivity index (χ4v) is 2.39. The molecule has 20 heavy (non-hydrogen) atoms. The summed E-state index contributed by atoms with van der Waals surface area (Å²) >= 11 is 1.84. The Bertz CT molecular complexity index is 426. The van der Waals surface area contributed by atoms with Gasteiger partial charge in [0.2, 0.25) is 0 Å². The zero-order chi connectivity index (χ0) is 15.1. The number of hydrogen-bond acceptors (Lipinski definition) is 1. The molecule has 2 unspecified atom stereocenters. The standard InChI is InChI=1S/C14H17F4IO/c1-9(16)3-2-4-10-5-6-12(13(18)14(10)19)20-8-11(17)7-15/h5-6,9,11H,2-4,7-8H2,1H3. The van der Waals surface area contributed by atoms with Crippen molar-refractivity contribution in [3.63, 3.8) is 0 Å². The van der Waals surface area contributed by atoms with Gasteiger partial charge in [-0.3, -0.25) is 0 Å². The molecule has 0 aliphatic rings. The van der Waals surface area contributed by atoms with Gasteiger partial charge in [-0.25, -0.2) is 17.6 Å². The van der Waals surface area contributed by atoms with Gasteiger partial charge in [0.1, 0.15) is 13.3 Å². The molecule has 0 spiro atoms. The van der Waals surface area contributed by atoms with Crippen LogP contribution in [0.1, 0.15) is 25.3 Å². The molecule has 1 nitrogen and oxygen atoms in total. The second-order valence-electron chi connectivity index (χ2n) is 4.59. The maximum Gasteiger partial charge on any atom is 0.178 e. The molecule has 6 heteroatoms. The van der Waals surface area contributed by atoms with Crippen molar-refractivity contribution in [3.8, 4) is 5.75 Å². The summed E-state index contributed by atoms with van der Waals surface area (Å²) in [4.78, 5) is 0. The Labute approximate surface area is 129 Å². The number of halogens is 5. The summed E-state index contributed by atoms with van der Waals surface area (Å²) < 4.78 is 56.6. The summed E-state index contributed by atoms with van der Waals surface area (Å²) in [5.41, 5.74) is 0.762. The van der Waals surface area contributed by atoms with Crippen LogP contribution in [-0.2, 0) is 6.42 Å². The lowest BCUT2D eigenvalue weighted by molar-refractivity contribution is 0.162. The smallest absolute Gasteiger partial charge is 0.178 e. The molecule has 0 saturated carbocycles. The Balaban J connectivity index is 2.66. The lowest BCUT2D eigenvalue weighted by atomic mass is 10.1. The third-order valence-electron chi connectivity index (χ3n) is 2.76. The number of alkyl halides is 3. The quantitative estimate of drug-likeness (QED) is 0.447. The molecule has 0 bridgehead atoms. The third-order valence-corrected chi connectivity index (χ3v) is 3.93. The summed E-state index contributed by atoms with van der Waals surface area (Å²) in [5, 5.41) is 0. The molecule has 114 valence electrons. The van der Waals surface area contributed by atoms with Gasteiger partial charge in [-0.05, 0) is 60.4 Å². The Hall–Kier alpha value is -0.530. The fraction of sp³-hybridized carbons (Fsp3) is 0.571. The minimum atomic E-state index is -1.75. The van der Waals surface area contributed by atoms with Gasteiger partial charge in [-0.1, -0.05) is 6.07 Å². The number of rotatable bonds is 8. The van der Waals surface area contributed by atoms with Gasteiger partial charge in [0.25, 0.3) is 0 Å². The van der Waals surface area contributed by atoms with Crippen molar-refractivity contribution < 1.29 is 22.3 Å². The van der Waals surface area contributed by atoms with Gasteiger partial charge in [0.15, 0.2) is 17.7 Å². The Morgan fingerprint density at radius 1 is 1.30 bits per heavy atom. The minimum Gasteiger partial charge on any atom is -0.487 e. The highest BCUT2D eigenvalue weighted by Crippen LogP contribution is 2.27. The van der Waals surface area contributed by atoms with E-state index in [-0.39, 0.29) is 5.75 Å². The van der Waals surface area contributed by atoms with Crippen LogP contribution in [0.4, 0.5) is 17.6 Å². The average Bonchev–Trinajstić information content (AvgIpc) is 2.41. The molecule has 0 heterocycles. The molecule has 0 fully saturated rings. The van der Waals surface area contributed by atoms with E-state index in [0.29, 0.717) is 22.8 Å². The summed E-state index contributed by atoms with van der Waals surface area (Å²) in [7, 11) is 0. The second-order valence-corrected chi connectivity index (χ2v) is 5.67. The normalized spacial score (nSPS) is 14.1. The molecule has 1 rings (SSSR count). The van der Waals surface area contributed by atoms with Crippen LogP contribution in [0.5, 0.6) is 5.75 Å². The minimum absolute atomic E-state index is 0.0897. The van der Waals surface area contributed by atoms with E-state index in [4.69, 9.17) is 4.74 Å². The number of ether oxygens (including phenoxy) is 1. The van der Waals surface area contributed by atoms with Crippen LogP contribution in [0, 0.1) is 9.39 Å². The maximum absolute atomic E-state index is 14.0. The predicted molar refractivity (Wildman–Crippen MR) is 79.0 cm³/mol. The van der Waals surface area contributed by atoms with Crippen molar-refractivity contribution >= 4 is 22.6 Å². The summed E-state index contributed by atoms with van der Waals surface area (Å²) in [6, 6.07) is 3.07. The largest absolute Gasteiger partial charge is 0.487 e. The van der Waals surface area contributed by atoms with Gasteiger partial charge in [-0.15, -0.1) is 0 Å². The van der Waals surface area contributed by atoms with Crippen LogP contribution >= 0.6 is 22.6 Å². The summed E-state index contributed by atoms with van der Waals surface area (Å²) in [6.45, 7) is -0.179. The van der Waals surface area contributed by atoms with Gasteiger partial charge < -0.3 is 4.74 Å². The highest BCUT2D eigenvalue weighted by Gasteiger charge is 2.14. The SMILES string of the molecule is CC(F)CCCc1ccc(OCC(F)CF)c(F)c1I. The van der Waals surface area contributed by atoms with Crippen LogP contribution in [0.2, 0.25) is 0 Å². The predicted octanol–water partition coefficient (Wildman–Crippen LogP) is 4.80. The molecule has 0 saturated heterocycles. The zero-order valence-electron chi connectivity index (χ0n) is 11.1. The molecule has 1 aromatic carbocycles. The molecule has 2 atom stereocenters. The highest BCUT2D eigenvalue weighted by atomic mass is 127. The highest BCUT2D eigenvalue weighted by molar-refractivity contribution is 14.1. The fourth-order valence-electron chi connectivity index (χ4n) is 1.67. The Kier molecular flexibility index (Phi) is 7.61. The molecule has 0 aliphatic heterocycles. The van der Waals surface area contributed by atoms with Crippen molar-refractivity contribution in [2.75, 3.05) is 13.3 Å². The van der Waals surface area contributed by atoms with Crippen LogP contribution in [0.3, 0.4) is 0 Å². The molecule has 0 N–H and O–H groups in total. The maximum atomic E-state index is 14.0. The summed E-state index contributed by atoms with van der Waals surface area (Å²) in [5.74, 6) is -0.671. The third kappa shape index (κ3) is 5.46. The number of aryl methyl sites for hydroxylation is 1. The number of hydrogen-bond donors (Lipinski definition) is 0. The Morgan fingerprint density at radius 3 is 2.60 bits per heavy atom. The monoisotopic (exact) mass is 404 g/mol. The van der Waals surface area contributed by atoms with Crippen molar-refractivity contribution in [2.24, 2.45) is 0 Å². The second kappa shape index (κ2) is 8.69. The lowest BCUT2D eigenvalue weighted by Crippen LogP contribution is -2.15. The van der Waals surface area contributed by atoms with Crippen molar-refractivity contribution in [2.45, 2.75) is 38.5 Å². The topological polar surface area (TPSA) is 9.23 Å². The molecule has 0 aromatic heterocycles. The Morgan fingerprint density at radius 2 is 2.00 bits per heavy atom. The lowest BCUT2D eigenvalue weighted by Gasteiger charge is -2.12. The molecular weight excluding hydrogens is 387 g/mol. The van der Waals surface area contributed by atoms with Crippen LogP contribution in [-0.4, -0.2) is 25.6 Å². The van der Waals surface area contributed by atoms with E-state index in [0.717, 1.165) is 5.56 Å².